The third-order valence-corrected chi connectivity index (χ3v) is 17.1. The van der Waals surface area contributed by atoms with Crippen LogP contribution in [0.5, 0.6) is 11.5 Å². The molecule has 0 fully saturated rings. The molecule has 410 valence electrons. The summed E-state index contributed by atoms with van der Waals surface area (Å²) < 4.78 is 9.94. The molecule has 0 saturated heterocycles. The number of fused-ring (bicyclic) bond motifs is 3. The first kappa shape index (κ1) is 54.8. The molecule has 5 heteroatoms. The van der Waals surface area contributed by atoms with Crippen molar-refractivity contribution in [1.29, 1.82) is 0 Å². The van der Waals surface area contributed by atoms with E-state index in [1.165, 1.54) is 72.1 Å². The molecule has 0 aliphatic carbocycles. The van der Waals surface area contributed by atoms with Gasteiger partial charge in [-0.25, -0.2) is 4.98 Å². The normalized spacial score (nSPS) is 13.5. The number of ether oxygens (including phenoxy) is 1. The Labute approximate surface area is 482 Å². The molecule has 0 N–H and O–H groups in total. The highest BCUT2D eigenvalue weighted by Gasteiger charge is 2.35. The summed E-state index contributed by atoms with van der Waals surface area (Å²) in [7, 11) is 0. The van der Waals surface area contributed by atoms with Crippen molar-refractivity contribution in [1.82, 2.24) is 9.55 Å². The average Bonchev–Trinajstić information content (AvgIpc) is 3.03. The van der Waals surface area contributed by atoms with Gasteiger partial charge in [0.25, 0.3) is 0 Å². The lowest BCUT2D eigenvalue weighted by Crippen LogP contribution is -2.30. The first-order valence-electron chi connectivity index (χ1n) is 29.2. The first-order chi connectivity index (χ1) is 38.6. The summed E-state index contributed by atoms with van der Waals surface area (Å²) in [5, 5.41) is 2.38. The fraction of sp³-hybridized carbons (Fsp3) is 0.276. The van der Waals surface area contributed by atoms with Crippen molar-refractivity contribution >= 4 is 33.2 Å². The minimum Gasteiger partial charge on any atom is -0.457 e. The Kier molecular flexibility index (Phi) is 14.2. The topological polar surface area (TPSA) is 33.5 Å². The molecule has 0 atom stereocenters. The molecule has 8 aromatic carbocycles. The number of benzene rings is 8. The van der Waals surface area contributed by atoms with Crippen LogP contribution in [0, 0.1) is 5.41 Å². The third-order valence-electron chi connectivity index (χ3n) is 17.1. The lowest BCUT2D eigenvalue weighted by atomic mass is 9.76. The van der Waals surface area contributed by atoms with Gasteiger partial charge in [0.15, 0.2) is 0 Å². The zero-order valence-corrected chi connectivity index (χ0v) is 50.2. The summed E-state index contributed by atoms with van der Waals surface area (Å²) in [4.78, 5) is 10.1. The Morgan fingerprint density at radius 1 is 0.457 bits per heavy atom. The minimum atomic E-state index is -0.413. The van der Waals surface area contributed by atoms with Gasteiger partial charge in [0.05, 0.1) is 17.7 Å². The van der Waals surface area contributed by atoms with Crippen LogP contribution in [-0.2, 0) is 16.2 Å². The summed E-state index contributed by atoms with van der Waals surface area (Å²) in [6.45, 7) is 33.1. The highest BCUT2D eigenvalue weighted by Crippen LogP contribution is 2.48. The van der Waals surface area contributed by atoms with Gasteiger partial charge in [0, 0.05) is 68.6 Å². The zero-order chi connectivity index (χ0) is 57.2. The Balaban J connectivity index is 1.12. The van der Waals surface area contributed by atoms with E-state index in [0.29, 0.717) is 18.5 Å². The van der Waals surface area contributed by atoms with Crippen LogP contribution in [0.3, 0.4) is 0 Å². The highest BCUT2D eigenvalue weighted by molar-refractivity contribution is 6.12. The number of pyridine rings is 1. The van der Waals surface area contributed by atoms with Gasteiger partial charge in [-0.3, -0.25) is 4.57 Å². The van der Waals surface area contributed by atoms with Crippen LogP contribution < -0.4 is 14.5 Å². The smallest absolute Gasteiger partial charge is 0.137 e. The summed E-state index contributed by atoms with van der Waals surface area (Å²) in [6.07, 6.45) is 4.36. The van der Waals surface area contributed by atoms with Gasteiger partial charge in [0.1, 0.15) is 17.3 Å². The molecular formula is C76H80N4O. The van der Waals surface area contributed by atoms with Crippen LogP contribution in [-0.4, -0.2) is 16.2 Å². The summed E-state index contributed by atoms with van der Waals surface area (Å²) in [5.41, 5.74) is 18.3. The number of allylic oxidation sites excluding steroid dienone is 1. The van der Waals surface area contributed by atoms with Crippen LogP contribution in [0.1, 0.15) is 148 Å². The molecule has 0 radical (unpaired) electrons. The molecule has 0 bridgehead atoms. The van der Waals surface area contributed by atoms with E-state index in [2.05, 4.69) is 312 Å². The summed E-state index contributed by atoms with van der Waals surface area (Å²) >= 11 is 0. The molecule has 0 spiro atoms. The molecule has 0 amide bonds. The number of aromatic nitrogens is 2. The molecule has 10 aromatic rings. The molecule has 1 aliphatic heterocycles. The minimum absolute atomic E-state index is 0.0691. The maximum atomic E-state index is 7.58. The third kappa shape index (κ3) is 10.5. The van der Waals surface area contributed by atoms with Gasteiger partial charge in [-0.05, 0) is 127 Å². The Bertz CT molecular complexity index is 3930. The van der Waals surface area contributed by atoms with Crippen molar-refractivity contribution < 1.29 is 4.74 Å². The van der Waals surface area contributed by atoms with Crippen LogP contribution in [0.25, 0.3) is 49.9 Å². The predicted octanol–water partition coefficient (Wildman–Crippen LogP) is 20.7. The maximum absolute atomic E-state index is 7.58. The fourth-order valence-corrected chi connectivity index (χ4v) is 12.3. The van der Waals surface area contributed by atoms with Gasteiger partial charge >= 0.3 is 0 Å². The summed E-state index contributed by atoms with van der Waals surface area (Å²) in [5.74, 6) is 3.02. The quantitative estimate of drug-likeness (QED) is 0.115. The van der Waals surface area contributed by atoms with Crippen molar-refractivity contribution in [2.75, 3.05) is 16.5 Å². The first-order valence-corrected chi connectivity index (χ1v) is 29.2. The number of nitrogens with zero attached hydrogens (tertiary/aromatic N) is 4. The van der Waals surface area contributed by atoms with E-state index < -0.39 is 5.41 Å². The SMILES string of the molecule is CC(C)c1cccc(C(C)C)c1-c1cc(Oc2cc(C(C)(C)c3ccccc3)c3c4ccccc4n(-c4cc(C(C)(C)C)ccn4)c3c2)cc(N2CN(c3cc(-c4ccccc4)cc(C(C)(C)c4ccccc4)c3)C=C2C(C)(C)C)c1. The second-order valence-electron chi connectivity index (χ2n) is 26.2. The van der Waals surface area contributed by atoms with Gasteiger partial charge in [-0.1, -0.05) is 230 Å². The number of anilines is 2. The Hall–Kier alpha value is -8.15. The standard InChI is InChI=1S/C76H80N4O/c1-50(2)63-34-26-35-64(51(3)4)71(63)54-41-60(79-49-78(48-69(79)74(8,9)10)59-40-53(52-27-18-15-19-28-52)39-58(43-59)75(11,12)55-29-20-16-21-30-55)45-61(42-54)81-62-46-66(76(13,14)56-31-22-17-23-32-56)72-65-33-24-25-36-67(65)80(68(72)47-62)70-44-57(37-38-77-70)73(5,6)7/h15-48,50-51H,49H2,1-14H3. The second-order valence-corrected chi connectivity index (χ2v) is 26.2. The lowest BCUT2D eigenvalue weighted by molar-refractivity contribution is 0.479. The van der Waals surface area contributed by atoms with E-state index in [4.69, 9.17) is 9.72 Å². The van der Waals surface area contributed by atoms with E-state index in [1.54, 1.807) is 0 Å². The molecular weight excluding hydrogens is 985 g/mol. The van der Waals surface area contributed by atoms with Crippen LogP contribution >= 0.6 is 0 Å². The van der Waals surface area contributed by atoms with Gasteiger partial charge in [-0.15, -0.1) is 0 Å². The Morgan fingerprint density at radius 2 is 1.05 bits per heavy atom. The fourth-order valence-electron chi connectivity index (χ4n) is 12.3. The van der Waals surface area contributed by atoms with Crippen molar-refractivity contribution in [2.24, 2.45) is 5.41 Å². The van der Waals surface area contributed by atoms with Gasteiger partial charge in [-0.2, -0.15) is 0 Å². The maximum Gasteiger partial charge on any atom is 0.137 e. The molecule has 81 heavy (non-hydrogen) atoms. The van der Waals surface area contributed by atoms with Gasteiger partial charge in [0.2, 0.25) is 0 Å². The molecule has 3 heterocycles. The predicted molar refractivity (Wildman–Crippen MR) is 344 cm³/mol. The van der Waals surface area contributed by atoms with Gasteiger partial charge < -0.3 is 14.5 Å². The van der Waals surface area contributed by atoms with Crippen molar-refractivity contribution in [2.45, 2.75) is 125 Å². The van der Waals surface area contributed by atoms with E-state index >= 15 is 0 Å². The molecule has 2 aromatic heterocycles. The van der Waals surface area contributed by atoms with Crippen LogP contribution in [0.4, 0.5) is 11.4 Å². The largest absolute Gasteiger partial charge is 0.457 e. The van der Waals surface area contributed by atoms with Crippen molar-refractivity contribution in [3.63, 3.8) is 0 Å². The second kappa shape index (κ2) is 21.1. The van der Waals surface area contributed by atoms with Crippen molar-refractivity contribution in [3.8, 4) is 39.6 Å². The van der Waals surface area contributed by atoms with E-state index in [-0.39, 0.29) is 16.2 Å². The Morgan fingerprint density at radius 3 is 1.68 bits per heavy atom. The molecule has 11 rings (SSSR count). The monoisotopic (exact) mass is 1060 g/mol. The summed E-state index contributed by atoms with van der Waals surface area (Å²) in [6, 6.07) is 71.5. The number of para-hydroxylation sites is 1. The molecule has 5 nitrogen and oxygen atoms in total. The molecule has 0 saturated carbocycles. The van der Waals surface area contributed by atoms with Crippen molar-refractivity contribution in [3.05, 3.63) is 251 Å². The van der Waals surface area contributed by atoms with E-state index in [1.807, 2.05) is 6.20 Å². The highest BCUT2D eigenvalue weighted by atomic mass is 16.5. The zero-order valence-electron chi connectivity index (χ0n) is 50.2. The number of hydrogen-bond donors (Lipinski definition) is 0. The molecule has 0 unspecified atom stereocenters. The lowest BCUT2D eigenvalue weighted by Gasteiger charge is -2.32. The number of rotatable bonds is 13. The molecule has 1 aliphatic rings. The van der Waals surface area contributed by atoms with Crippen LogP contribution in [0.15, 0.2) is 212 Å². The number of hydrogen-bond acceptors (Lipinski definition) is 4. The van der Waals surface area contributed by atoms with E-state index in [9.17, 15) is 0 Å². The van der Waals surface area contributed by atoms with E-state index in [0.717, 1.165) is 45.3 Å². The average molecular weight is 1070 g/mol. The van der Waals surface area contributed by atoms with Crippen LogP contribution in [0.2, 0.25) is 0 Å².